The molecule has 0 aliphatic heterocycles. The molecule has 174 valence electrons. The van der Waals surface area contributed by atoms with Gasteiger partial charge in [0, 0.05) is 17.5 Å². The first-order valence-electron chi connectivity index (χ1n) is 9.97. The molecule has 0 saturated carbocycles. The number of amides is 1. The van der Waals surface area contributed by atoms with E-state index in [1.165, 1.54) is 17.6 Å². The number of hydrazone groups is 1. The Kier molecular flexibility index (Phi) is 6.48. The molecule has 3 aromatic rings. The Morgan fingerprint density at radius 2 is 1.70 bits per heavy atom. The Labute approximate surface area is 187 Å². The second-order valence-electron chi connectivity index (χ2n) is 7.74. The summed E-state index contributed by atoms with van der Waals surface area (Å²) in [5.74, 6) is -2.12. The van der Waals surface area contributed by atoms with Crippen LogP contribution in [0.25, 0.3) is 16.6 Å². The van der Waals surface area contributed by atoms with E-state index in [-0.39, 0.29) is 35.5 Å². The van der Waals surface area contributed by atoms with Crippen LogP contribution in [0.2, 0.25) is 0 Å². The quantitative estimate of drug-likeness (QED) is 0.366. The number of fused-ring (bicyclic) bond motifs is 1. The number of halogens is 3. The van der Waals surface area contributed by atoms with Crippen LogP contribution in [0.15, 0.2) is 41.5 Å². The van der Waals surface area contributed by atoms with Crippen LogP contribution >= 0.6 is 0 Å². The van der Waals surface area contributed by atoms with Crippen molar-refractivity contribution in [2.75, 3.05) is 0 Å². The molecule has 1 aromatic heterocycles. The Balaban J connectivity index is 2.18. The molecule has 0 aliphatic carbocycles. The summed E-state index contributed by atoms with van der Waals surface area (Å²) in [6.45, 7) is 5.15. The summed E-state index contributed by atoms with van der Waals surface area (Å²) in [5, 5.41) is 24.0. The predicted octanol–water partition coefficient (Wildman–Crippen LogP) is 4.68. The van der Waals surface area contributed by atoms with E-state index < -0.39 is 23.6 Å². The number of benzene rings is 2. The number of carboxylic acids is 1. The van der Waals surface area contributed by atoms with Crippen molar-refractivity contribution in [3.63, 3.8) is 0 Å². The van der Waals surface area contributed by atoms with Gasteiger partial charge in [0.2, 0.25) is 11.8 Å². The number of carboxylic acid groups (broad SMARTS) is 1. The van der Waals surface area contributed by atoms with E-state index >= 15 is 0 Å². The number of alkyl halides is 3. The number of aromatic nitrogens is 1. The topological polar surface area (TPSA) is 104 Å². The minimum Gasteiger partial charge on any atom is -0.494 e. The third-order valence-electron chi connectivity index (χ3n) is 5.01. The molecule has 0 fully saturated rings. The summed E-state index contributed by atoms with van der Waals surface area (Å²) in [4.78, 5) is 22.4. The van der Waals surface area contributed by atoms with Gasteiger partial charge in [-0.15, -0.1) is 0 Å². The van der Waals surface area contributed by atoms with Crippen LogP contribution in [0.1, 0.15) is 42.0 Å². The van der Waals surface area contributed by atoms with Crippen LogP contribution in [0, 0.1) is 13.8 Å². The van der Waals surface area contributed by atoms with Crippen molar-refractivity contribution in [2.45, 2.75) is 39.8 Å². The van der Waals surface area contributed by atoms with Crippen molar-refractivity contribution in [2.24, 2.45) is 5.10 Å². The zero-order valence-electron chi connectivity index (χ0n) is 18.1. The van der Waals surface area contributed by atoms with Gasteiger partial charge in [0.15, 0.2) is 0 Å². The lowest BCUT2D eigenvalue weighted by molar-refractivity contribution is -0.139. The summed E-state index contributed by atoms with van der Waals surface area (Å²) in [5.41, 5.74) is 3.94. The standard InChI is InChI=1S/C23H22F3N3O4/c1-12-8-13(2)10-16(9-12)29-18-11-15(23(24,25)26)4-5-17(18)21(22(29)33)14(3)27-28-19(30)6-7-20(31)32/h4-5,8-11,33H,6-7H2,1-3H3,(H,28,30)(H,31,32). The molecule has 1 heterocycles. The highest BCUT2D eigenvalue weighted by molar-refractivity contribution is 6.13. The Hall–Kier alpha value is -3.82. The number of nitrogens with zero attached hydrogens (tertiary/aromatic N) is 2. The number of carbonyl (C=O) groups excluding carboxylic acids is 1. The molecular weight excluding hydrogens is 439 g/mol. The lowest BCUT2D eigenvalue weighted by Crippen LogP contribution is -2.20. The zero-order chi connectivity index (χ0) is 24.5. The number of carbonyl (C=O) groups is 2. The minimum atomic E-state index is -4.58. The maximum Gasteiger partial charge on any atom is 0.416 e. The molecule has 0 spiro atoms. The molecule has 0 bridgehead atoms. The third-order valence-corrected chi connectivity index (χ3v) is 5.01. The fraction of sp³-hybridized carbons (Fsp3) is 0.261. The normalized spacial score (nSPS) is 12.2. The molecule has 0 radical (unpaired) electrons. The van der Waals surface area contributed by atoms with E-state index in [1.54, 1.807) is 12.1 Å². The summed E-state index contributed by atoms with van der Waals surface area (Å²) < 4.78 is 41.5. The molecular formula is C23H22F3N3O4. The van der Waals surface area contributed by atoms with Crippen molar-refractivity contribution in [3.8, 4) is 11.6 Å². The van der Waals surface area contributed by atoms with Gasteiger partial charge < -0.3 is 10.2 Å². The molecule has 2 aromatic carbocycles. The first-order chi connectivity index (χ1) is 15.4. The van der Waals surface area contributed by atoms with Crippen LogP contribution in [-0.2, 0) is 15.8 Å². The van der Waals surface area contributed by atoms with Gasteiger partial charge in [0.05, 0.1) is 28.8 Å². The Bertz CT molecular complexity index is 1260. The molecule has 0 saturated heterocycles. The number of aryl methyl sites for hydroxylation is 2. The van der Waals surface area contributed by atoms with Gasteiger partial charge in [0.25, 0.3) is 0 Å². The van der Waals surface area contributed by atoms with E-state index in [2.05, 4.69) is 10.5 Å². The summed E-state index contributed by atoms with van der Waals surface area (Å²) in [7, 11) is 0. The van der Waals surface area contributed by atoms with E-state index in [0.29, 0.717) is 11.1 Å². The van der Waals surface area contributed by atoms with E-state index in [0.717, 1.165) is 23.3 Å². The van der Waals surface area contributed by atoms with Gasteiger partial charge in [-0.2, -0.15) is 18.3 Å². The van der Waals surface area contributed by atoms with Crippen molar-refractivity contribution in [3.05, 3.63) is 58.7 Å². The maximum atomic E-state index is 13.4. The van der Waals surface area contributed by atoms with Crippen LogP contribution in [-0.4, -0.2) is 32.4 Å². The van der Waals surface area contributed by atoms with E-state index in [1.807, 2.05) is 19.9 Å². The Morgan fingerprint density at radius 1 is 1.06 bits per heavy atom. The molecule has 33 heavy (non-hydrogen) atoms. The number of aliphatic carboxylic acids is 1. The first-order valence-corrected chi connectivity index (χ1v) is 9.97. The van der Waals surface area contributed by atoms with Crippen LogP contribution in [0.5, 0.6) is 5.88 Å². The van der Waals surface area contributed by atoms with Gasteiger partial charge in [-0.1, -0.05) is 12.1 Å². The fourth-order valence-electron chi connectivity index (χ4n) is 3.63. The van der Waals surface area contributed by atoms with Gasteiger partial charge >= 0.3 is 12.1 Å². The maximum absolute atomic E-state index is 13.4. The molecule has 10 heteroatoms. The number of hydrogen-bond acceptors (Lipinski definition) is 4. The van der Waals surface area contributed by atoms with Crippen LogP contribution in [0.4, 0.5) is 13.2 Å². The number of aromatic hydroxyl groups is 1. The molecule has 0 aliphatic rings. The van der Waals surface area contributed by atoms with Crippen molar-refractivity contribution in [1.29, 1.82) is 0 Å². The highest BCUT2D eigenvalue weighted by atomic mass is 19.4. The smallest absolute Gasteiger partial charge is 0.416 e. The molecule has 0 atom stereocenters. The molecule has 7 nitrogen and oxygen atoms in total. The summed E-state index contributed by atoms with van der Waals surface area (Å²) >= 11 is 0. The summed E-state index contributed by atoms with van der Waals surface area (Å²) in [6, 6.07) is 8.47. The SMILES string of the molecule is CC(=NNC(=O)CCC(=O)O)c1c(O)n(-c2cc(C)cc(C)c2)c2cc(C(F)(F)F)ccc12. The second-order valence-corrected chi connectivity index (χ2v) is 7.74. The van der Waals surface area contributed by atoms with Crippen molar-refractivity contribution >= 4 is 28.5 Å². The van der Waals surface area contributed by atoms with Gasteiger partial charge in [-0.3, -0.25) is 14.2 Å². The average Bonchev–Trinajstić information content (AvgIpc) is 3.00. The fourth-order valence-corrected chi connectivity index (χ4v) is 3.63. The largest absolute Gasteiger partial charge is 0.494 e. The zero-order valence-corrected chi connectivity index (χ0v) is 18.1. The van der Waals surface area contributed by atoms with Gasteiger partial charge in [0.1, 0.15) is 0 Å². The lowest BCUT2D eigenvalue weighted by atomic mass is 10.1. The van der Waals surface area contributed by atoms with Crippen LogP contribution < -0.4 is 5.43 Å². The molecule has 1 amide bonds. The monoisotopic (exact) mass is 461 g/mol. The molecule has 3 N–H and O–H groups in total. The second kappa shape index (κ2) is 8.97. The number of hydrogen-bond donors (Lipinski definition) is 3. The lowest BCUT2D eigenvalue weighted by Gasteiger charge is -2.11. The number of nitrogens with one attached hydrogen (secondary N) is 1. The van der Waals surface area contributed by atoms with Gasteiger partial charge in [-0.05, 0) is 56.2 Å². The molecule has 0 unspecified atom stereocenters. The number of rotatable bonds is 6. The van der Waals surface area contributed by atoms with E-state index in [4.69, 9.17) is 5.11 Å². The first kappa shape index (κ1) is 23.8. The van der Waals surface area contributed by atoms with Crippen LogP contribution in [0.3, 0.4) is 0 Å². The Morgan fingerprint density at radius 3 is 2.27 bits per heavy atom. The average molecular weight is 461 g/mol. The highest BCUT2D eigenvalue weighted by Crippen LogP contribution is 2.39. The predicted molar refractivity (Wildman–Crippen MR) is 117 cm³/mol. The van der Waals surface area contributed by atoms with Gasteiger partial charge in [-0.25, -0.2) is 5.43 Å². The minimum absolute atomic E-state index is 0.120. The van der Waals surface area contributed by atoms with Crippen molar-refractivity contribution in [1.82, 2.24) is 9.99 Å². The summed E-state index contributed by atoms with van der Waals surface area (Å²) in [6.07, 6.45) is -5.25. The van der Waals surface area contributed by atoms with E-state index in [9.17, 15) is 27.9 Å². The highest BCUT2D eigenvalue weighted by Gasteiger charge is 2.32. The van der Waals surface area contributed by atoms with Crippen molar-refractivity contribution < 1.29 is 33.0 Å². The molecule has 3 rings (SSSR count). The third kappa shape index (κ3) is 5.16.